The fraction of sp³-hybridized carbons (Fsp3) is 0.108. The largest absolute Gasteiger partial charge is 0.427 e. The van der Waals surface area contributed by atoms with Gasteiger partial charge in [0.25, 0.3) is 11.8 Å². The zero-order valence-electron chi connectivity index (χ0n) is 27.3. The number of ether oxygens (including phenoxy) is 1. The minimum atomic E-state index is -4.52. The van der Waals surface area contributed by atoms with Crippen molar-refractivity contribution < 1.29 is 45.5 Å². The second kappa shape index (κ2) is 16.1. The van der Waals surface area contributed by atoms with E-state index in [0.29, 0.717) is 16.2 Å². The summed E-state index contributed by atoms with van der Waals surface area (Å²) in [6, 6.07) is 23.1. The van der Waals surface area contributed by atoms with Crippen molar-refractivity contribution in [2.45, 2.75) is 26.2 Å². The van der Waals surface area contributed by atoms with Gasteiger partial charge in [-0.3, -0.25) is 24.2 Å². The SMILES string of the molecule is CC(=O)Oc1ccc(/C=C2\SC(=S)N(c3cccc(C(F)(F)F)c3)C2=O)cc1.Cc1ccc(/C=C2\SC(=S)N(c3cccc(C(F)(F)F)c3)C2=O)cc1. The number of thioether (sulfide) groups is 2. The lowest BCUT2D eigenvalue weighted by atomic mass is 10.1. The van der Waals surface area contributed by atoms with Gasteiger partial charge in [-0.05, 0) is 78.7 Å². The number of rotatable bonds is 5. The van der Waals surface area contributed by atoms with Crippen molar-refractivity contribution in [1.29, 1.82) is 0 Å². The Morgan fingerprint density at radius 3 is 1.43 bits per heavy atom. The van der Waals surface area contributed by atoms with E-state index in [4.69, 9.17) is 29.2 Å². The molecule has 2 aliphatic heterocycles. The van der Waals surface area contributed by atoms with Gasteiger partial charge in [-0.2, -0.15) is 26.3 Å². The highest BCUT2D eigenvalue weighted by molar-refractivity contribution is 8.27. The van der Waals surface area contributed by atoms with Gasteiger partial charge in [0.05, 0.1) is 32.3 Å². The molecule has 2 aliphatic rings. The minimum Gasteiger partial charge on any atom is -0.427 e. The number of halogens is 6. The molecule has 6 rings (SSSR count). The number of thiocarbonyl (C=S) groups is 2. The lowest BCUT2D eigenvalue weighted by Crippen LogP contribution is -2.27. The maximum Gasteiger partial charge on any atom is 0.416 e. The summed E-state index contributed by atoms with van der Waals surface area (Å²) in [7, 11) is 0. The normalized spacial score (nSPS) is 16.4. The van der Waals surface area contributed by atoms with Gasteiger partial charge in [0.15, 0.2) is 8.64 Å². The van der Waals surface area contributed by atoms with Crippen molar-refractivity contribution >= 4 is 97.9 Å². The fourth-order valence-corrected chi connectivity index (χ4v) is 7.38. The summed E-state index contributed by atoms with van der Waals surface area (Å²) in [6.07, 6.45) is -5.74. The van der Waals surface area contributed by atoms with E-state index in [-0.39, 0.29) is 24.9 Å². The van der Waals surface area contributed by atoms with Crippen LogP contribution >= 0.6 is 48.0 Å². The summed E-state index contributed by atoms with van der Waals surface area (Å²) in [5, 5.41) is 0. The maximum absolute atomic E-state index is 12.9. The highest BCUT2D eigenvalue weighted by Gasteiger charge is 2.37. The van der Waals surface area contributed by atoms with Crippen LogP contribution in [0.15, 0.2) is 107 Å². The highest BCUT2D eigenvalue weighted by Crippen LogP contribution is 2.40. The summed E-state index contributed by atoms with van der Waals surface area (Å²) in [5.41, 5.74) is 1.07. The zero-order valence-corrected chi connectivity index (χ0v) is 30.6. The van der Waals surface area contributed by atoms with Crippen LogP contribution in [0.1, 0.15) is 34.7 Å². The summed E-state index contributed by atoms with van der Waals surface area (Å²) in [5.74, 6) is -1.01. The van der Waals surface area contributed by atoms with E-state index in [1.807, 2.05) is 31.2 Å². The highest BCUT2D eigenvalue weighted by atomic mass is 32.2. The third-order valence-corrected chi connectivity index (χ3v) is 9.87. The van der Waals surface area contributed by atoms with Crippen molar-refractivity contribution in [3.8, 4) is 5.75 Å². The number of anilines is 2. The Hall–Kier alpha value is -4.77. The molecule has 0 spiro atoms. The molecule has 2 saturated heterocycles. The first-order valence-electron chi connectivity index (χ1n) is 15.2. The van der Waals surface area contributed by atoms with Crippen LogP contribution in [0.3, 0.4) is 0 Å². The molecular weight excluding hydrogens is 779 g/mol. The van der Waals surface area contributed by atoms with Gasteiger partial charge >= 0.3 is 18.3 Å². The molecule has 2 amide bonds. The molecule has 0 radical (unpaired) electrons. The molecule has 6 nitrogen and oxygen atoms in total. The molecular formula is C37H24F6N2O4S4. The standard InChI is InChI=1S/C19H12F3NO3S2.C18H12F3NOS2/c1-11(24)26-15-7-5-12(6-8-15)9-16-17(25)23(18(27)28-16)14-4-2-3-13(10-14)19(20,21)22;1-11-5-7-12(8-6-11)9-15-16(23)22(17(24)25-15)14-4-2-3-13(10-14)18(19,20)21/h2-10H,1H3;2-10H,1H3/b16-9-;15-9-. The molecule has 2 heterocycles. The second-order valence-corrected chi connectivity index (χ2v) is 14.6. The smallest absolute Gasteiger partial charge is 0.416 e. The third-order valence-electron chi connectivity index (χ3n) is 7.27. The number of esters is 1. The van der Waals surface area contributed by atoms with Crippen LogP contribution in [0, 0.1) is 6.92 Å². The fourth-order valence-electron chi connectivity index (χ4n) is 4.79. The molecule has 0 unspecified atom stereocenters. The second-order valence-electron chi connectivity index (χ2n) is 11.2. The number of carbonyl (C=O) groups is 3. The summed E-state index contributed by atoms with van der Waals surface area (Å²) >= 11 is 12.5. The maximum atomic E-state index is 12.9. The lowest BCUT2D eigenvalue weighted by Gasteiger charge is -2.16. The molecule has 0 N–H and O–H groups in total. The summed E-state index contributed by atoms with van der Waals surface area (Å²) in [6.45, 7) is 3.24. The van der Waals surface area contributed by atoms with Crippen molar-refractivity contribution in [3.63, 3.8) is 0 Å². The predicted molar refractivity (Wildman–Crippen MR) is 203 cm³/mol. The number of hydrogen-bond donors (Lipinski definition) is 0. The van der Waals surface area contributed by atoms with Crippen molar-refractivity contribution in [2.24, 2.45) is 0 Å². The van der Waals surface area contributed by atoms with E-state index < -0.39 is 41.3 Å². The Bertz CT molecular complexity index is 2170. The van der Waals surface area contributed by atoms with E-state index in [9.17, 15) is 40.7 Å². The van der Waals surface area contributed by atoms with Gasteiger partial charge in [-0.25, -0.2) is 0 Å². The summed E-state index contributed by atoms with van der Waals surface area (Å²) in [4.78, 5) is 39.1. The Balaban J connectivity index is 0.000000206. The molecule has 0 bridgehead atoms. The van der Waals surface area contributed by atoms with Gasteiger partial charge in [0.2, 0.25) is 0 Å². The molecule has 272 valence electrons. The first-order chi connectivity index (χ1) is 24.9. The molecule has 16 heteroatoms. The average Bonchev–Trinajstić information content (AvgIpc) is 3.53. The molecule has 0 saturated carbocycles. The van der Waals surface area contributed by atoms with Crippen LogP contribution in [-0.2, 0) is 26.7 Å². The number of amides is 2. The number of carbonyl (C=O) groups excluding carboxylic acids is 3. The number of nitrogens with zero attached hydrogens (tertiary/aromatic N) is 2. The van der Waals surface area contributed by atoms with E-state index in [1.165, 1.54) is 31.2 Å². The Kier molecular flexibility index (Phi) is 12.0. The van der Waals surface area contributed by atoms with Crippen LogP contribution < -0.4 is 14.5 Å². The van der Waals surface area contributed by atoms with Crippen molar-refractivity contribution in [1.82, 2.24) is 0 Å². The van der Waals surface area contributed by atoms with Crippen LogP contribution in [0.2, 0.25) is 0 Å². The Morgan fingerprint density at radius 1 is 0.660 bits per heavy atom. The topological polar surface area (TPSA) is 66.9 Å². The molecule has 53 heavy (non-hydrogen) atoms. The Labute approximate surface area is 318 Å². The van der Waals surface area contributed by atoms with Crippen LogP contribution in [0.25, 0.3) is 12.2 Å². The van der Waals surface area contributed by atoms with Crippen molar-refractivity contribution in [2.75, 3.05) is 9.80 Å². The number of hydrogen-bond acceptors (Lipinski definition) is 8. The van der Waals surface area contributed by atoms with Crippen LogP contribution in [-0.4, -0.2) is 26.4 Å². The Morgan fingerprint density at radius 2 is 1.06 bits per heavy atom. The van der Waals surface area contributed by atoms with Crippen molar-refractivity contribution in [3.05, 3.63) is 135 Å². The van der Waals surface area contributed by atoms with Gasteiger partial charge < -0.3 is 4.74 Å². The molecule has 4 aromatic rings. The van der Waals surface area contributed by atoms with Gasteiger partial charge in [-0.1, -0.05) is 102 Å². The minimum absolute atomic E-state index is 0.0610. The monoisotopic (exact) mass is 802 g/mol. The molecule has 0 atom stereocenters. The number of aryl methyl sites for hydroxylation is 1. The predicted octanol–water partition coefficient (Wildman–Crippen LogP) is 10.5. The van der Waals surface area contributed by atoms with E-state index in [2.05, 4.69) is 0 Å². The molecule has 0 aliphatic carbocycles. The zero-order chi connectivity index (χ0) is 38.7. The number of alkyl halides is 6. The third kappa shape index (κ3) is 9.81. The molecule has 2 fully saturated rings. The van der Waals surface area contributed by atoms with Gasteiger partial charge in [0, 0.05) is 6.92 Å². The van der Waals surface area contributed by atoms with Gasteiger partial charge in [-0.15, -0.1) is 0 Å². The van der Waals surface area contributed by atoms with E-state index in [1.54, 1.807) is 36.4 Å². The van der Waals surface area contributed by atoms with E-state index in [0.717, 1.165) is 68.7 Å². The first kappa shape index (κ1) is 39.4. The van der Waals surface area contributed by atoms with E-state index >= 15 is 0 Å². The van der Waals surface area contributed by atoms with Crippen LogP contribution in [0.5, 0.6) is 5.75 Å². The summed E-state index contributed by atoms with van der Waals surface area (Å²) < 4.78 is 82.8. The van der Waals surface area contributed by atoms with Crippen LogP contribution in [0.4, 0.5) is 37.7 Å². The van der Waals surface area contributed by atoms with Gasteiger partial charge in [0.1, 0.15) is 5.75 Å². The molecule has 0 aromatic heterocycles. The number of benzene rings is 4. The lowest BCUT2D eigenvalue weighted by molar-refractivity contribution is -0.138. The molecule has 4 aromatic carbocycles. The first-order valence-corrected chi connectivity index (χ1v) is 17.6. The average molecular weight is 803 g/mol. The quantitative estimate of drug-likeness (QED) is 0.0650.